The third-order valence-corrected chi connectivity index (χ3v) is 4.61. The Morgan fingerprint density at radius 2 is 1.88 bits per heavy atom. The molecule has 1 aliphatic rings. The summed E-state index contributed by atoms with van der Waals surface area (Å²) < 4.78 is 5.44. The van der Waals surface area contributed by atoms with E-state index in [2.05, 4.69) is 4.98 Å². The molecule has 0 radical (unpaired) electrons. The molecule has 0 bridgehead atoms. The van der Waals surface area contributed by atoms with E-state index < -0.39 is 11.6 Å². The second-order valence-corrected chi connectivity index (χ2v) is 7.68. The molecule has 1 amide bonds. The molecule has 0 unspecified atom stereocenters. The van der Waals surface area contributed by atoms with Gasteiger partial charge in [0.25, 0.3) is 0 Å². The summed E-state index contributed by atoms with van der Waals surface area (Å²) in [5, 5.41) is 10.1. The van der Waals surface area contributed by atoms with Crippen LogP contribution in [0, 0.1) is 0 Å². The minimum absolute atomic E-state index is 0.262. The van der Waals surface area contributed by atoms with Gasteiger partial charge in [-0.3, -0.25) is 4.98 Å². The Hall–Kier alpha value is -2.63. The fourth-order valence-corrected chi connectivity index (χ4v) is 3.36. The Labute approximate surface area is 152 Å². The normalized spacial score (nSPS) is 15.9. The molecule has 1 aromatic carbocycles. The van der Waals surface area contributed by atoms with Crippen LogP contribution in [0.15, 0.2) is 30.5 Å². The lowest BCUT2D eigenvalue weighted by molar-refractivity contribution is 0.0205. The second kappa shape index (κ2) is 6.94. The van der Waals surface area contributed by atoms with Crippen LogP contribution in [0.5, 0.6) is 0 Å². The minimum Gasteiger partial charge on any atom is -0.478 e. The number of benzene rings is 1. The summed E-state index contributed by atoms with van der Waals surface area (Å²) in [6.07, 6.45) is 3.12. The van der Waals surface area contributed by atoms with Crippen LogP contribution in [0.1, 0.15) is 55.5 Å². The van der Waals surface area contributed by atoms with E-state index >= 15 is 0 Å². The maximum absolute atomic E-state index is 12.2. The molecular formula is C20H24N2O4. The highest BCUT2D eigenvalue weighted by molar-refractivity contribution is 5.94. The number of aromatic carboxylic acids is 1. The number of carbonyl (C=O) groups excluding carboxylic acids is 1. The van der Waals surface area contributed by atoms with Crippen LogP contribution in [0.3, 0.4) is 0 Å². The molecule has 26 heavy (non-hydrogen) atoms. The second-order valence-electron chi connectivity index (χ2n) is 7.68. The third-order valence-electron chi connectivity index (χ3n) is 4.61. The molecular weight excluding hydrogens is 332 g/mol. The minimum atomic E-state index is -0.943. The van der Waals surface area contributed by atoms with Crippen LogP contribution in [0.4, 0.5) is 4.79 Å². The SMILES string of the molecule is CC(C)(C)OC(=O)N1CCC(c2ccnc3ccc(C(=O)O)cc23)CC1. The number of carboxylic acid groups (broad SMARTS) is 1. The zero-order valence-electron chi connectivity index (χ0n) is 15.4. The Bertz CT molecular complexity index is 833. The summed E-state index contributed by atoms with van der Waals surface area (Å²) in [6.45, 7) is 6.84. The standard InChI is InChI=1S/C20H24N2O4/c1-20(2,3)26-19(25)22-10-7-13(8-11-22)15-6-9-21-17-5-4-14(18(23)24)12-16(15)17/h4-6,9,12-13H,7-8,10-11H2,1-3H3,(H,23,24). The first kappa shape index (κ1) is 18.2. The quantitative estimate of drug-likeness (QED) is 0.878. The van der Waals surface area contributed by atoms with E-state index in [1.54, 1.807) is 29.3 Å². The number of carbonyl (C=O) groups is 2. The molecule has 1 N–H and O–H groups in total. The number of piperidine rings is 1. The lowest BCUT2D eigenvalue weighted by Gasteiger charge is -2.34. The highest BCUT2D eigenvalue weighted by Crippen LogP contribution is 2.33. The molecule has 6 heteroatoms. The molecule has 3 rings (SSSR count). The fraction of sp³-hybridized carbons (Fsp3) is 0.450. The van der Waals surface area contributed by atoms with Crippen molar-refractivity contribution in [2.75, 3.05) is 13.1 Å². The number of hydrogen-bond donors (Lipinski definition) is 1. The monoisotopic (exact) mass is 356 g/mol. The molecule has 0 atom stereocenters. The number of likely N-dealkylation sites (tertiary alicyclic amines) is 1. The Morgan fingerprint density at radius 1 is 1.19 bits per heavy atom. The average Bonchev–Trinajstić information content (AvgIpc) is 2.59. The summed E-state index contributed by atoms with van der Waals surface area (Å²) >= 11 is 0. The molecule has 2 aromatic rings. The topological polar surface area (TPSA) is 79.7 Å². The van der Waals surface area contributed by atoms with Gasteiger partial charge < -0.3 is 14.7 Å². The highest BCUT2D eigenvalue weighted by atomic mass is 16.6. The average molecular weight is 356 g/mol. The van der Waals surface area contributed by atoms with Crippen LogP contribution >= 0.6 is 0 Å². The molecule has 1 aliphatic heterocycles. The van der Waals surface area contributed by atoms with Gasteiger partial charge in [-0.25, -0.2) is 9.59 Å². The van der Waals surface area contributed by atoms with Crippen molar-refractivity contribution in [2.24, 2.45) is 0 Å². The van der Waals surface area contributed by atoms with Gasteiger partial charge >= 0.3 is 12.1 Å². The van der Waals surface area contributed by atoms with E-state index in [1.165, 1.54) is 0 Å². The summed E-state index contributed by atoms with van der Waals surface area (Å²) in [5.41, 5.74) is 1.66. The van der Waals surface area contributed by atoms with Crippen molar-refractivity contribution in [1.29, 1.82) is 0 Å². The van der Waals surface area contributed by atoms with Gasteiger partial charge in [0.2, 0.25) is 0 Å². The van der Waals surface area contributed by atoms with E-state index in [0.717, 1.165) is 29.3 Å². The van der Waals surface area contributed by atoms with Gasteiger partial charge in [-0.15, -0.1) is 0 Å². The van der Waals surface area contributed by atoms with E-state index in [9.17, 15) is 14.7 Å². The number of amides is 1. The van der Waals surface area contributed by atoms with Gasteiger partial charge in [0, 0.05) is 24.7 Å². The predicted molar refractivity (Wildman–Crippen MR) is 98.5 cm³/mol. The fourth-order valence-electron chi connectivity index (χ4n) is 3.36. The van der Waals surface area contributed by atoms with Crippen LogP contribution in [-0.2, 0) is 4.74 Å². The number of fused-ring (bicyclic) bond motifs is 1. The van der Waals surface area contributed by atoms with Gasteiger partial charge in [0.1, 0.15) is 5.60 Å². The van der Waals surface area contributed by atoms with E-state index in [0.29, 0.717) is 13.1 Å². The number of pyridine rings is 1. The highest BCUT2D eigenvalue weighted by Gasteiger charge is 2.28. The van der Waals surface area contributed by atoms with Crippen LogP contribution in [0.2, 0.25) is 0 Å². The summed E-state index contributed by atoms with van der Waals surface area (Å²) in [4.78, 5) is 29.6. The van der Waals surface area contributed by atoms with E-state index in [-0.39, 0.29) is 17.6 Å². The lowest BCUT2D eigenvalue weighted by atomic mass is 9.87. The first-order valence-electron chi connectivity index (χ1n) is 8.84. The van der Waals surface area contributed by atoms with Gasteiger partial charge in [0.15, 0.2) is 0 Å². The van der Waals surface area contributed by atoms with Crippen molar-refractivity contribution >= 4 is 23.0 Å². The van der Waals surface area contributed by atoms with Crippen molar-refractivity contribution < 1.29 is 19.4 Å². The number of hydrogen-bond acceptors (Lipinski definition) is 4. The molecule has 0 saturated carbocycles. The number of ether oxygens (including phenoxy) is 1. The molecule has 1 aromatic heterocycles. The molecule has 6 nitrogen and oxygen atoms in total. The number of nitrogens with zero attached hydrogens (tertiary/aromatic N) is 2. The van der Waals surface area contributed by atoms with Crippen LogP contribution in [0.25, 0.3) is 10.9 Å². The van der Waals surface area contributed by atoms with Gasteiger partial charge in [0.05, 0.1) is 11.1 Å². The molecule has 138 valence electrons. The summed E-state index contributed by atoms with van der Waals surface area (Å²) in [7, 11) is 0. The maximum atomic E-state index is 12.2. The Morgan fingerprint density at radius 3 is 2.50 bits per heavy atom. The summed E-state index contributed by atoms with van der Waals surface area (Å²) in [6, 6.07) is 6.98. The van der Waals surface area contributed by atoms with E-state index in [1.807, 2.05) is 26.8 Å². The zero-order valence-corrected chi connectivity index (χ0v) is 15.4. The molecule has 0 aliphatic carbocycles. The van der Waals surface area contributed by atoms with Crippen molar-refractivity contribution in [1.82, 2.24) is 9.88 Å². The lowest BCUT2D eigenvalue weighted by Crippen LogP contribution is -2.41. The van der Waals surface area contributed by atoms with Crippen LogP contribution < -0.4 is 0 Å². The number of rotatable bonds is 2. The van der Waals surface area contributed by atoms with Crippen molar-refractivity contribution in [2.45, 2.75) is 45.1 Å². The molecule has 2 heterocycles. The Kier molecular flexibility index (Phi) is 4.85. The van der Waals surface area contributed by atoms with Crippen molar-refractivity contribution in [3.8, 4) is 0 Å². The number of aromatic nitrogens is 1. The number of carboxylic acids is 1. The molecule has 0 spiro atoms. The predicted octanol–water partition coefficient (Wildman–Crippen LogP) is 4.05. The largest absolute Gasteiger partial charge is 0.478 e. The first-order valence-corrected chi connectivity index (χ1v) is 8.84. The Balaban J connectivity index is 1.78. The van der Waals surface area contributed by atoms with Crippen molar-refractivity contribution in [3.63, 3.8) is 0 Å². The van der Waals surface area contributed by atoms with E-state index in [4.69, 9.17) is 4.74 Å². The first-order chi connectivity index (χ1) is 12.2. The van der Waals surface area contributed by atoms with Gasteiger partial charge in [-0.05, 0) is 69.4 Å². The van der Waals surface area contributed by atoms with Gasteiger partial charge in [-0.2, -0.15) is 0 Å². The van der Waals surface area contributed by atoms with Gasteiger partial charge in [-0.1, -0.05) is 0 Å². The smallest absolute Gasteiger partial charge is 0.410 e. The zero-order chi connectivity index (χ0) is 18.9. The molecule has 1 fully saturated rings. The van der Waals surface area contributed by atoms with Crippen molar-refractivity contribution in [3.05, 3.63) is 41.6 Å². The third kappa shape index (κ3) is 3.95. The molecule has 1 saturated heterocycles. The maximum Gasteiger partial charge on any atom is 0.410 e. The summed E-state index contributed by atoms with van der Waals surface area (Å²) in [5.74, 6) is -0.676. The van der Waals surface area contributed by atoms with Crippen LogP contribution in [-0.4, -0.2) is 45.7 Å².